The number of fused-ring (bicyclic) bond motifs is 2. The predicted octanol–water partition coefficient (Wildman–Crippen LogP) is 2.64. The van der Waals surface area contributed by atoms with Crippen LogP contribution in [0.5, 0.6) is 0 Å². The van der Waals surface area contributed by atoms with Crippen LogP contribution in [-0.2, 0) is 0 Å². The second kappa shape index (κ2) is 2.97. The first-order valence-electron chi connectivity index (χ1n) is 6.82. The Morgan fingerprint density at radius 1 is 1.18 bits per heavy atom. The summed E-state index contributed by atoms with van der Waals surface area (Å²) in [6, 6.07) is 0. The van der Waals surface area contributed by atoms with Gasteiger partial charge in [0.15, 0.2) is 0 Å². The number of hydrogen-bond donors (Lipinski definition) is 2. The number of aliphatic hydroxyl groups is 2. The normalized spacial score (nSPS) is 51.9. The van der Waals surface area contributed by atoms with Gasteiger partial charge in [-0.1, -0.05) is 26.3 Å². The molecular weight excluding hydrogens is 212 g/mol. The Bertz CT molecular complexity index is 409. The van der Waals surface area contributed by atoms with Gasteiger partial charge in [0, 0.05) is 11.3 Å². The third kappa shape index (κ3) is 1.18. The first-order valence-corrected chi connectivity index (χ1v) is 6.82. The quantitative estimate of drug-likeness (QED) is 0.635. The van der Waals surface area contributed by atoms with Gasteiger partial charge < -0.3 is 10.2 Å². The standard InChI is InChI=1S/C15H24O2/c1-9-10-7-13(2,3)12(16)11(10)8-14(4)5-6-15(9,14)17/h11-12,16-17H,5-8H2,1-4H3/t11-,12+,14-,15-/m0/s1. The number of aliphatic hydroxyl groups excluding tert-OH is 1. The number of rotatable bonds is 0. The van der Waals surface area contributed by atoms with Crippen LogP contribution in [0.3, 0.4) is 0 Å². The Balaban J connectivity index is 2.09. The lowest BCUT2D eigenvalue weighted by Crippen LogP contribution is -2.60. The van der Waals surface area contributed by atoms with E-state index in [4.69, 9.17) is 0 Å². The third-order valence-electron chi connectivity index (χ3n) is 6.08. The highest BCUT2D eigenvalue weighted by Crippen LogP contribution is 2.65. The molecule has 17 heavy (non-hydrogen) atoms. The minimum absolute atomic E-state index is 0.00660. The maximum atomic E-state index is 10.8. The van der Waals surface area contributed by atoms with Gasteiger partial charge in [0.25, 0.3) is 0 Å². The minimum Gasteiger partial charge on any atom is -0.392 e. The molecule has 2 saturated carbocycles. The molecule has 0 heterocycles. The van der Waals surface area contributed by atoms with Gasteiger partial charge in [-0.2, -0.15) is 0 Å². The van der Waals surface area contributed by atoms with E-state index in [-0.39, 0.29) is 22.9 Å². The lowest BCUT2D eigenvalue weighted by Gasteiger charge is -2.60. The lowest BCUT2D eigenvalue weighted by molar-refractivity contribution is -0.152. The van der Waals surface area contributed by atoms with E-state index < -0.39 is 5.60 Å². The van der Waals surface area contributed by atoms with E-state index in [0.717, 1.165) is 25.7 Å². The molecule has 3 aliphatic carbocycles. The maximum absolute atomic E-state index is 10.8. The minimum atomic E-state index is -0.570. The first-order chi connectivity index (χ1) is 7.71. The van der Waals surface area contributed by atoms with Crippen molar-refractivity contribution in [3.63, 3.8) is 0 Å². The van der Waals surface area contributed by atoms with Crippen LogP contribution in [0.2, 0.25) is 0 Å². The molecule has 2 fully saturated rings. The summed E-state index contributed by atoms with van der Waals surface area (Å²) < 4.78 is 0. The predicted molar refractivity (Wildman–Crippen MR) is 67.5 cm³/mol. The zero-order chi connectivity index (χ0) is 12.6. The van der Waals surface area contributed by atoms with Crippen LogP contribution in [-0.4, -0.2) is 21.9 Å². The molecule has 0 amide bonds. The molecule has 0 spiro atoms. The molecule has 2 heteroatoms. The zero-order valence-corrected chi connectivity index (χ0v) is 11.4. The monoisotopic (exact) mass is 236 g/mol. The van der Waals surface area contributed by atoms with Gasteiger partial charge in [0.1, 0.15) is 0 Å². The van der Waals surface area contributed by atoms with Crippen LogP contribution in [0.1, 0.15) is 53.4 Å². The van der Waals surface area contributed by atoms with Crippen molar-refractivity contribution in [2.45, 2.75) is 65.1 Å². The van der Waals surface area contributed by atoms with Gasteiger partial charge in [-0.3, -0.25) is 0 Å². The van der Waals surface area contributed by atoms with E-state index in [0.29, 0.717) is 0 Å². The molecule has 3 rings (SSSR count). The smallest absolute Gasteiger partial charge is 0.0910 e. The Kier molecular flexibility index (Phi) is 2.05. The Morgan fingerprint density at radius 2 is 1.82 bits per heavy atom. The Hall–Kier alpha value is -0.340. The second-order valence-electron chi connectivity index (χ2n) is 7.49. The van der Waals surface area contributed by atoms with Crippen molar-refractivity contribution in [2.75, 3.05) is 0 Å². The van der Waals surface area contributed by atoms with Crippen molar-refractivity contribution < 1.29 is 10.2 Å². The molecule has 96 valence electrons. The molecule has 0 bridgehead atoms. The molecular formula is C15H24O2. The van der Waals surface area contributed by atoms with E-state index in [1.165, 1.54) is 11.1 Å². The fourth-order valence-corrected chi connectivity index (χ4v) is 4.56. The topological polar surface area (TPSA) is 40.5 Å². The summed E-state index contributed by atoms with van der Waals surface area (Å²) in [6.45, 7) is 8.57. The summed E-state index contributed by atoms with van der Waals surface area (Å²) in [4.78, 5) is 0. The largest absolute Gasteiger partial charge is 0.392 e. The van der Waals surface area contributed by atoms with E-state index in [2.05, 4.69) is 27.7 Å². The van der Waals surface area contributed by atoms with Crippen LogP contribution in [0.25, 0.3) is 0 Å². The van der Waals surface area contributed by atoms with Crippen LogP contribution in [0, 0.1) is 16.7 Å². The average molecular weight is 236 g/mol. The van der Waals surface area contributed by atoms with E-state index in [1.54, 1.807) is 0 Å². The van der Waals surface area contributed by atoms with Crippen molar-refractivity contribution in [2.24, 2.45) is 16.7 Å². The Labute approximate surface area is 104 Å². The van der Waals surface area contributed by atoms with Gasteiger partial charge >= 0.3 is 0 Å². The third-order valence-corrected chi connectivity index (χ3v) is 6.08. The highest BCUT2D eigenvalue weighted by atomic mass is 16.3. The van der Waals surface area contributed by atoms with Crippen molar-refractivity contribution in [3.8, 4) is 0 Å². The van der Waals surface area contributed by atoms with E-state index in [1.807, 2.05) is 0 Å². The zero-order valence-electron chi connectivity index (χ0n) is 11.4. The van der Waals surface area contributed by atoms with Gasteiger partial charge in [0.2, 0.25) is 0 Å². The molecule has 2 nitrogen and oxygen atoms in total. The van der Waals surface area contributed by atoms with Gasteiger partial charge in [-0.15, -0.1) is 0 Å². The second-order valence-corrected chi connectivity index (χ2v) is 7.49. The van der Waals surface area contributed by atoms with Crippen molar-refractivity contribution in [1.82, 2.24) is 0 Å². The molecule has 0 aromatic carbocycles. The van der Waals surface area contributed by atoms with Crippen LogP contribution < -0.4 is 0 Å². The fraction of sp³-hybridized carbons (Fsp3) is 0.867. The van der Waals surface area contributed by atoms with Gasteiger partial charge in [0.05, 0.1) is 11.7 Å². The van der Waals surface area contributed by atoms with Crippen LogP contribution in [0.4, 0.5) is 0 Å². The van der Waals surface area contributed by atoms with Crippen LogP contribution in [0.15, 0.2) is 11.1 Å². The molecule has 0 aromatic heterocycles. The van der Waals surface area contributed by atoms with E-state index >= 15 is 0 Å². The summed E-state index contributed by atoms with van der Waals surface area (Å²) in [5, 5.41) is 21.3. The van der Waals surface area contributed by atoms with Crippen molar-refractivity contribution in [1.29, 1.82) is 0 Å². The van der Waals surface area contributed by atoms with Crippen molar-refractivity contribution >= 4 is 0 Å². The van der Waals surface area contributed by atoms with Crippen LogP contribution >= 0.6 is 0 Å². The summed E-state index contributed by atoms with van der Waals surface area (Å²) >= 11 is 0. The number of hydrogen-bond acceptors (Lipinski definition) is 2. The van der Waals surface area contributed by atoms with Gasteiger partial charge in [-0.05, 0) is 43.6 Å². The molecule has 4 atom stereocenters. The summed E-state index contributed by atoms with van der Waals surface area (Å²) in [6.07, 6.45) is 3.67. The Morgan fingerprint density at radius 3 is 2.35 bits per heavy atom. The highest BCUT2D eigenvalue weighted by molar-refractivity contribution is 5.39. The van der Waals surface area contributed by atoms with E-state index in [9.17, 15) is 10.2 Å². The first kappa shape index (κ1) is 11.7. The highest BCUT2D eigenvalue weighted by Gasteiger charge is 2.63. The molecule has 0 radical (unpaired) electrons. The fourth-order valence-electron chi connectivity index (χ4n) is 4.56. The lowest BCUT2D eigenvalue weighted by atomic mass is 9.48. The molecule has 0 saturated heterocycles. The molecule has 0 aliphatic heterocycles. The van der Waals surface area contributed by atoms with Crippen molar-refractivity contribution in [3.05, 3.63) is 11.1 Å². The van der Waals surface area contributed by atoms with Gasteiger partial charge in [-0.25, -0.2) is 0 Å². The molecule has 0 aromatic rings. The maximum Gasteiger partial charge on any atom is 0.0910 e. The molecule has 0 unspecified atom stereocenters. The average Bonchev–Trinajstić information content (AvgIpc) is 2.48. The molecule has 2 N–H and O–H groups in total. The summed E-state index contributed by atoms with van der Waals surface area (Å²) in [7, 11) is 0. The summed E-state index contributed by atoms with van der Waals surface area (Å²) in [5.41, 5.74) is 1.93. The summed E-state index contributed by atoms with van der Waals surface area (Å²) in [5.74, 6) is 0.288. The SMILES string of the molecule is CC1=C2CC(C)(C)[C@H](O)[C@H]2C[C@]2(C)CC[C@]12O. The molecule has 3 aliphatic rings.